The minimum Gasteiger partial charge on any atom is -0.382 e. The van der Waals surface area contributed by atoms with Crippen molar-refractivity contribution in [2.24, 2.45) is 11.7 Å². The topological polar surface area (TPSA) is 82.1 Å². The van der Waals surface area contributed by atoms with Gasteiger partial charge in [0.15, 0.2) is 0 Å². The molecule has 1 rings (SSSR count). The van der Waals surface area contributed by atoms with Crippen molar-refractivity contribution in [1.82, 2.24) is 14.9 Å². The standard InChI is InChI=1S/C13H24N6/c1-10(2)9-19(6-5-18(3)4)12-8-16-11(7-17-12)13(14)15/h7-8,10H,5-6,9H2,1-4H3,(H3,14,15). The van der Waals surface area contributed by atoms with Crippen LogP contribution in [0.15, 0.2) is 12.4 Å². The lowest BCUT2D eigenvalue weighted by Gasteiger charge is -2.26. The molecule has 0 bridgehead atoms. The van der Waals surface area contributed by atoms with Crippen molar-refractivity contribution < 1.29 is 0 Å². The Bertz CT molecular complexity index is 398. The summed E-state index contributed by atoms with van der Waals surface area (Å²) in [7, 11) is 4.11. The van der Waals surface area contributed by atoms with E-state index in [1.54, 1.807) is 12.4 Å². The van der Waals surface area contributed by atoms with E-state index in [1.807, 2.05) is 0 Å². The molecule has 1 aromatic rings. The number of nitrogen functional groups attached to an aromatic ring is 1. The molecule has 0 aliphatic rings. The minimum atomic E-state index is -0.0530. The number of nitrogens with one attached hydrogen (secondary N) is 1. The number of rotatable bonds is 7. The zero-order valence-corrected chi connectivity index (χ0v) is 12.2. The highest BCUT2D eigenvalue weighted by Crippen LogP contribution is 2.11. The number of amidine groups is 1. The first kappa shape index (κ1) is 15.4. The Balaban J connectivity index is 2.80. The maximum Gasteiger partial charge on any atom is 0.147 e. The van der Waals surface area contributed by atoms with Crippen LogP contribution >= 0.6 is 0 Å². The highest BCUT2D eigenvalue weighted by molar-refractivity contribution is 5.92. The molecule has 19 heavy (non-hydrogen) atoms. The first-order chi connectivity index (χ1) is 8.90. The van der Waals surface area contributed by atoms with Crippen LogP contribution in [0.4, 0.5) is 5.82 Å². The van der Waals surface area contributed by atoms with Crippen LogP contribution < -0.4 is 10.6 Å². The average Bonchev–Trinajstić information content (AvgIpc) is 2.34. The van der Waals surface area contributed by atoms with Crippen LogP contribution in [0.25, 0.3) is 0 Å². The monoisotopic (exact) mass is 264 g/mol. The van der Waals surface area contributed by atoms with Gasteiger partial charge in [0.25, 0.3) is 0 Å². The molecule has 0 aromatic carbocycles. The van der Waals surface area contributed by atoms with Crippen molar-refractivity contribution >= 4 is 11.7 Å². The summed E-state index contributed by atoms with van der Waals surface area (Å²) in [6.07, 6.45) is 3.25. The first-order valence-electron chi connectivity index (χ1n) is 6.46. The minimum absolute atomic E-state index is 0.0530. The van der Waals surface area contributed by atoms with Crippen LogP contribution in [-0.4, -0.2) is 54.4 Å². The van der Waals surface area contributed by atoms with E-state index in [-0.39, 0.29) is 5.84 Å². The molecule has 6 heteroatoms. The van der Waals surface area contributed by atoms with Crippen molar-refractivity contribution in [3.63, 3.8) is 0 Å². The lowest BCUT2D eigenvalue weighted by atomic mass is 10.2. The van der Waals surface area contributed by atoms with Gasteiger partial charge in [0.2, 0.25) is 0 Å². The third kappa shape index (κ3) is 5.21. The van der Waals surface area contributed by atoms with E-state index in [1.165, 1.54) is 0 Å². The van der Waals surface area contributed by atoms with Crippen molar-refractivity contribution in [2.45, 2.75) is 13.8 Å². The number of nitrogens with zero attached hydrogens (tertiary/aromatic N) is 4. The molecule has 3 N–H and O–H groups in total. The van der Waals surface area contributed by atoms with Gasteiger partial charge in [0.05, 0.1) is 12.4 Å². The van der Waals surface area contributed by atoms with E-state index in [0.717, 1.165) is 25.5 Å². The van der Waals surface area contributed by atoms with Crippen LogP contribution in [0.5, 0.6) is 0 Å². The molecule has 1 aromatic heterocycles. The highest BCUT2D eigenvalue weighted by atomic mass is 15.2. The molecule has 0 saturated heterocycles. The van der Waals surface area contributed by atoms with Gasteiger partial charge < -0.3 is 15.5 Å². The van der Waals surface area contributed by atoms with E-state index >= 15 is 0 Å². The fraction of sp³-hybridized carbons (Fsp3) is 0.615. The molecule has 0 spiro atoms. The maximum absolute atomic E-state index is 7.32. The second-order valence-electron chi connectivity index (χ2n) is 5.32. The van der Waals surface area contributed by atoms with Gasteiger partial charge in [-0.3, -0.25) is 5.41 Å². The van der Waals surface area contributed by atoms with Gasteiger partial charge in [-0.25, -0.2) is 9.97 Å². The molecular formula is C13H24N6. The van der Waals surface area contributed by atoms with Gasteiger partial charge in [-0.2, -0.15) is 0 Å². The molecule has 0 saturated carbocycles. The lowest BCUT2D eigenvalue weighted by Crippen LogP contribution is -2.35. The SMILES string of the molecule is CC(C)CN(CCN(C)C)c1cnc(C(=N)N)cn1. The lowest BCUT2D eigenvalue weighted by molar-refractivity contribution is 0.408. The average molecular weight is 264 g/mol. The molecule has 6 nitrogen and oxygen atoms in total. The van der Waals surface area contributed by atoms with Crippen molar-refractivity contribution in [2.75, 3.05) is 38.6 Å². The third-order valence-corrected chi connectivity index (χ3v) is 2.64. The molecular weight excluding hydrogens is 240 g/mol. The predicted octanol–water partition coefficient (Wildman–Crippen LogP) is 0.785. The number of anilines is 1. The molecule has 0 fully saturated rings. The first-order valence-corrected chi connectivity index (χ1v) is 6.46. The van der Waals surface area contributed by atoms with E-state index in [9.17, 15) is 0 Å². The quantitative estimate of drug-likeness (QED) is 0.562. The van der Waals surface area contributed by atoms with Gasteiger partial charge in [0, 0.05) is 19.6 Å². The molecule has 0 aliphatic heterocycles. The predicted molar refractivity (Wildman–Crippen MR) is 78.7 cm³/mol. The number of aromatic nitrogens is 2. The molecule has 0 radical (unpaired) electrons. The molecule has 106 valence electrons. The summed E-state index contributed by atoms with van der Waals surface area (Å²) >= 11 is 0. The number of hydrogen-bond acceptors (Lipinski definition) is 5. The molecule has 0 unspecified atom stereocenters. The van der Waals surface area contributed by atoms with Crippen LogP contribution in [0.1, 0.15) is 19.5 Å². The Morgan fingerprint density at radius 1 is 1.26 bits per heavy atom. The van der Waals surface area contributed by atoms with Crippen LogP contribution in [0.2, 0.25) is 0 Å². The van der Waals surface area contributed by atoms with Gasteiger partial charge in [0.1, 0.15) is 17.3 Å². The number of nitrogens with two attached hydrogens (primary N) is 1. The van der Waals surface area contributed by atoms with E-state index in [4.69, 9.17) is 11.1 Å². The summed E-state index contributed by atoms with van der Waals surface area (Å²) < 4.78 is 0. The summed E-state index contributed by atoms with van der Waals surface area (Å²) in [6, 6.07) is 0. The molecule has 1 heterocycles. The van der Waals surface area contributed by atoms with Gasteiger partial charge in [-0.15, -0.1) is 0 Å². The Labute approximate surface area is 115 Å². The third-order valence-electron chi connectivity index (χ3n) is 2.64. The fourth-order valence-corrected chi connectivity index (χ4v) is 1.68. The molecule has 0 amide bonds. The molecule has 0 atom stereocenters. The smallest absolute Gasteiger partial charge is 0.147 e. The largest absolute Gasteiger partial charge is 0.382 e. The van der Waals surface area contributed by atoms with Crippen molar-refractivity contribution in [1.29, 1.82) is 5.41 Å². The maximum atomic E-state index is 7.32. The Kier molecular flexibility index (Phi) is 5.69. The second-order valence-corrected chi connectivity index (χ2v) is 5.32. The summed E-state index contributed by atoms with van der Waals surface area (Å²) in [4.78, 5) is 12.9. The highest BCUT2D eigenvalue weighted by Gasteiger charge is 2.11. The van der Waals surface area contributed by atoms with Crippen LogP contribution in [0.3, 0.4) is 0 Å². The fourth-order valence-electron chi connectivity index (χ4n) is 1.68. The van der Waals surface area contributed by atoms with E-state index < -0.39 is 0 Å². The summed E-state index contributed by atoms with van der Waals surface area (Å²) in [5, 5.41) is 7.32. The Hall–Kier alpha value is -1.69. The van der Waals surface area contributed by atoms with Crippen molar-refractivity contribution in [3.8, 4) is 0 Å². The zero-order chi connectivity index (χ0) is 14.4. The molecule has 0 aliphatic carbocycles. The summed E-state index contributed by atoms with van der Waals surface area (Å²) in [5.41, 5.74) is 5.80. The normalized spacial score (nSPS) is 11.1. The van der Waals surface area contributed by atoms with Gasteiger partial charge in [-0.1, -0.05) is 13.8 Å². The number of likely N-dealkylation sites (N-methyl/N-ethyl adjacent to an activating group) is 1. The van der Waals surface area contributed by atoms with Crippen molar-refractivity contribution in [3.05, 3.63) is 18.1 Å². The zero-order valence-electron chi connectivity index (χ0n) is 12.2. The van der Waals surface area contributed by atoms with Gasteiger partial charge >= 0.3 is 0 Å². The summed E-state index contributed by atoms with van der Waals surface area (Å²) in [6.45, 7) is 7.16. The van der Waals surface area contributed by atoms with E-state index in [2.05, 4.69) is 47.7 Å². The van der Waals surface area contributed by atoms with E-state index in [0.29, 0.717) is 11.6 Å². The number of hydrogen-bond donors (Lipinski definition) is 2. The van der Waals surface area contributed by atoms with Gasteiger partial charge in [-0.05, 0) is 20.0 Å². The Morgan fingerprint density at radius 3 is 2.37 bits per heavy atom. The van der Waals surface area contributed by atoms with Crippen LogP contribution in [-0.2, 0) is 0 Å². The second kappa shape index (κ2) is 7.04. The Morgan fingerprint density at radius 2 is 1.95 bits per heavy atom. The van der Waals surface area contributed by atoms with Crippen LogP contribution in [0, 0.1) is 11.3 Å². The summed E-state index contributed by atoms with van der Waals surface area (Å²) in [5.74, 6) is 1.33.